The molecule has 0 aliphatic rings. The molecule has 0 aromatic heterocycles. The van der Waals surface area contributed by atoms with Gasteiger partial charge in [-0.3, -0.25) is 9.59 Å². The van der Waals surface area contributed by atoms with Crippen LogP contribution in [0, 0.1) is 0 Å². The Morgan fingerprint density at radius 1 is 0.857 bits per heavy atom. The Bertz CT molecular complexity index is 1240. The minimum absolute atomic E-state index is 0.0207. The molecule has 0 atom stereocenters. The number of benzene rings is 2. The summed E-state index contributed by atoms with van der Waals surface area (Å²) in [6.07, 6.45) is 2.18. The molecule has 1 amide bonds. The van der Waals surface area contributed by atoms with Gasteiger partial charge in [0, 0.05) is 23.9 Å². The number of hydrogen-bond acceptors (Lipinski definition) is 9. The molecule has 0 spiro atoms. The molecule has 10 nitrogen and oxygen atoms in total. The van der Waals surface area contributed by atoms with Crippen molar-refractivity contribution in [2.75, 3.05) is 49.5 Å². The summed E-state index contributed by atoms with van der Waals surface area (Å²) in [5, 5.41) is 1.96. The van der Waals surface area contributed by atoms with Crippen molar-refractivity contribution in [3.8, 4) is 11.5 Å². The number of carbonyl (C=O) groups excluding carboxylic acids is 2. The van der Waals surface area contributed by atoms with E-state index in [0.29, 0.717) is 17.1 Å². The number of amides is 1. The SMILES string of the molecule is COc1ccc(N)cc1S(C)(=O)=O.COc1ccc(NC(=O)CCl)cc1S(C)(=O)=O.O=C(Cl)CCl. The van der Waals surface area contributed by atoms with E-state index < -0.39 is 30.8 Å². The van der Waals surface area contributed by atoms with E-state index in [9.17, 15) is 26.4 Å². The Balaban J connectivity index is 0.000000567. The average Bonchev–Trinajstić information content (AvgIpc) is 2.78. The second-order valence-electron chi connectivity index (χ2n) is 6.49. The van der Waals surface area contributed by atoms with E-state index in [1.165, 1.54) is 44.6 Å². The van der Waals surface area contributed by atoms with Crippen molar-refractivity contribution in [1.82, 2.24) is 0 Å². The van der Waals surface area contributed by atoms with Crippen LogP contribution in [0.3, 0.4) is 0 Å². The van der Waals surface area contributed by atoms with Gasteiger partial charge in [-0.05, 0) is 48.0 Å². The van der Waals surface area contributed by atoms with Gasteiger partial charge in [0.05, 0.1) is 20.1 Å². The van der Waals surface area contributed by atoms with Crippen LogP contribution in [-0.4, -0.2) is 66.5 Å². The van der Waals surface area contributed by atoms with Gasteiger partial charge in [-0.1, -0.05) is 0 Å². The van der Waals surface area contributed by atoms with Gasteiger partial charge < -0.3 is 20.5 Å². The minimum Gasteiger partial charge on any atom is -0.495 e. The zero-order chi connectivity index (χ0) is 27.4. The van der Waals surface area contributed by atoms with Crippen LogP contribution in [0.4, 0.5) is 11.4 Å². The Kier molecular flexibility index (Phi) is 14.0. The van der Waals surface area contributed by atoms with Gasteiger partial charge in [0.25, 0.3) is 0 Å². The molecule has 0 bridgehead atoms. The van der Waals surface area contributed by atoms with Gasteiger partial charge in [0.15, 0.2) is 19.7 Å². The molecular weight excluding hydrogens is 567 g/mol. The number of sulfone groups is 2. The number of nitrogen functional groups attached to an aromatic ring is 1. The van der Waals surface area contributed by atoms with Gasteiger partial charge >= 0.3 is 0 Å². The third-order valence-electron chi connectivity index (χ3n) is 3.66. The molecule has 2 aromatic carbocycles. The van der Waals surface area contributed by atoms with E-state index in [1.807, 2.05) is 0 Å². The number of halogens is 3. The number of methoxy groups -OCH3 is 2. The lowest BCUT2D eigenvalue weighted by Crippen LogP contribution is -2.13. The zero-order valence-electron chi connectivity index (χ0n) is 19.2. The summed E-state index contributed by atoms with van der Waals surface area (Å²) in [6.45, 7) is 0. The van der Waals surface area contributed by atoms with Crippen molar-refractivity contribution in [2.45, 2.75) is 9.79 Å². The monoisotopic (exact) mass is 590 g/mol. The maximum Gasteiger partial charge on any atom is 0.239 e. The highest BCUT2D eigenvalue weighted by Gasteiger charge is 2.16. The lowest BCUT2D eigenvalue weighted by atomic mass is 10.3. The number of nitrogens with two attached hydrogens (primary N) is 1. The number of ether oxygens (including phenoxy) is 2. The predicted octanol–water partition coefficient (Wildman–Crippen LogP) is 2.95. The molecule has 3 N–H and O–H groups in total. The molecule has 0 aliphatic carbocycles. The van der Waals surface area contributed by atoms with Crippen molar-refractivity contribution in [3.05, 3.63) is 36.4 Å². The van der Waals surface area contributed by atoms with Gasteiger partial charge in [0.2, 0.25) is 11.1 Å². The van der Waals surface area contributed by atoms with Crippen LogP contribution in [0.5, 0.6) is 11.5 Å². The van der Waals surface area contributed by atoms with Crippen molar-refractivity contribution >= 4 is 77.0 Å². The quantitative estimate of drug-likeness (QED) is 0.280. The molecule has 0 saturated carbocycles. The fraction of sp³-hybridized carbons (Fsp3) is 0.300. The molecule has 0 heterocycles. The van der Waals surface area contributed by atoms with Crippen LogP contribution in [-0.2, 0) is 29.3 Å². The van der Waals surface area contributed by atoms with E-state index >= 15 is 0 Å². The fourth-order valence-corrected chi connectivity index (χ4v) is 4.01. The number of carbonyl (C=O) groups is 2. The molecule has 0 unspecified atom stereocenters. The third kappa shape index (κ3) is 12.3. The molecule has 0 fully saturated rings. The number of alkyl halides is 2. The second kappa shape index (κ2) is 15.0. The Morgan fingerprint density at radius 2 is 1.29 bits per heavy atom. The first kappa shape index (κ1) is 32.8. The smallest absolute Gasteiger partial charge is 0.239 e. The summed E-state index contributed by atoms with van der Waals surface area (Å²) in [5.41, 5.74) is 6.22. The molecule has 0 aliphatic heterocycles. The van der Waals surface area contributed by atoms with Crippen LogP contribution in [0.1, 0.15) is 0 Å². The first-order valence-electron chi connectivity index (χ1n) is 9.22. The maximum atomic E-state index is 11.5. The van der Waals surface area contributed by atoms with E-state index in [-0.39, 0.29) is 27.3 Å². The van der Waals surface area contributed by atoms with Crippen molar-refractivity contribution in [2.24, 2.45) is 0 Å². The summed E-state index contributed by atoms with van der Waals surface area (Å²) in [5.74, 6) is -0.147. The van der Waals surface area contributed by atoms with Crippen molar-refractivity contribution in [3.63, 3.8) is 0 Å². The highest BCUT2D eigenvalue weighted by atomic mass is 35.5. The summed E-state index contributed by atoms with van der Waals surface area (Å²) in [6, 6.07) is 8.85. The zero-order valence-corrected chi connectivity index (χ0v) is 23.1. The normalized spacial score (nSPS) is 10.6. The Labute approximate surface area is 219 Å². The first-order chi connectivity index (χ1) is 16.1. The van der Waals surface area contributed by atoms with Gasteiger partial charge in [-0.15, -0.1) is 23.2 Å². The molecule has 0 radical (unpaired) electrons. The summed E-state index contributed by atoms with van der Waals surface area (Å²) in [7, 11) is -3.90. The van der Waals surface area contributed by atoms with Gasteiger partial charge in [-0.25, -0.2) is 16.8 Å². The van der Waals surface area contributed by atoms with Crippen LogP contribution >= 0.6 is 34.8 Å². The van der Waals surface area contributed by atoms with E-state index in [4.69, 9.17) is 50.0 Å². The van der Waals surface area contributed by atoms with Crippen LogP contribution in [0.25, 0.3) is 0 Å². The standard InChI is InChI=1S/C10H12ClNO4S.C8H11NO3S.C2H2Cl2O/c1-16-8-4-3-7(12-10(13)6-11)5-9(8)17(2,14)15;1-12-7-4-3-6(9)5-8(7)13(2,10)11;3-1-2(4)5/h3-5H,6H2,1-2H3,(H,12,13);3-5H,9H2,1-2H3;1H2. The largest absolute Gasteiger partial charge is 0.495 e. The number of hydrogen-bond donors (Lipinski definition) is 2. The van der Waals surface area contributed by atoms with E-state index in [0.717, 1.165) is 12.5 Å². The predicted molar refractivity (Wildman–Crippen MR) is 138 cm³/mol. The van der Waals surface area contributed by atoms with Crippen molar-refractivity contribution < 1.29 is 35.9 Å². The lowest BCUT2D eigenvalue weighted by molar-refractivity contribution is -0.114. The first-order valence-corrected chi connectivity index (χ1v) is 14.4. The number of rotatable bonds is 7. The number of anilines is 2. The topological polar surface area (TPSA) is 159 Å². The summed E-state index contributed by atoms with van der Waals surface area (Å²) >= 11 is 14.9. The Hall–Kier alpha value is -2.25. The molecule has 0 saturated heterocycles. The molecule has 2 rings (SSSR count). The van der Waals surface area contributed by atoms with Crippen molar-refractivity contribution in [1.29, 1.82) is 0 Å². The molecule has 2 aromatic rings. The Morgan fingerprint density at radius 3 is 1.66 bits per heavy atom. The lowest BCUT2D eigenvalue weighted by Gasteiger charge is -2.09. The van der Waals surface area contributed by atoms with Crippen LogP contribution < -0.4 is 20.5 Å². The van der Waals surface area contributed by atoms with Crippen LogP contribution in [0.15, 0.2) is 46.2 Å². The molecule has 35 heavy (non-hydrogen) atoms. The minimum atomic E-state index is -3.42. The summed E-state index contributed by atoms with van der Waals surface area (Å²) in [4.78, 5) is 20.7. The number of nitrogens with one attached hydrogen (secondary N) is 1. The van der Waals surface area contributed by atoms with Gasteiger partial charge in [0.1, 0.15) is 27.2 Å². The second-order valence-corrected chi connectivity index (χ2v) is 11.4. The summed E-state index contributed by atoms with van der Waals surface area (Å²) < 4.78 is 55.3. The molecular formula is C20H25Cl3N2O8S2. The van der Waals surface area contributed by atoms with Crippen LogP contribution in [0.2, 0.25) is 0 Å². The average molecular weight is 592 g/mol. The maximum absolute atomic E-state index is 11.5. The van der Waals surface area contributed by atoms with E-state index in [2.05, 4.69) is 5.32 Å². The third-order valence-corrected chi connectivity index (χ3v) is 6.65. The van der Waals surface area contributed by atoms with Gasteiger partial charge in [-0.2, -0.15) is 0 Å². The highest BCUT2D eigenvalue weighted by molar-refractivity contribution is 7.91. The molecule has 15 heteroatoms. The molecule has 196 valence electrons. The fourth-order valence-electron chi connectivity index (χ4n) is 2.22. The highest BCUT2D eigenvalue weighted by Crippen LogP contribution is 2.27. The van der Waals surface area contributed by atoms with E-state index in [1.54, 1.807) is 6.07 Å².